The third kappa shape index (κ3) is 9.26. The van der Waals surface area contributed by atoms with Crippen molar-refractivity contribution in [2.45, 2.75) is 90.5 Å². The Hall–Kier alpha value is -0.810. The fourth-order valence-corrected chi connectivity index (χ4v) is 2.62. The first-order valence-corrected chi connectivity index (χ1v) is 8.61. The molecule has 1 amide bonds. The minimum absolute atomic E-state index is 0.233. The topological polar surface area (TPSA) is 59.6 Å². The first-order chi connectivity index (χ1) is 10.3. The third-order valence-corrected chi connectivity index (χ3v) is 3.61. The van der Waals surface area contributed by atoms with E-state index in [1.165, 1.54) is 0 Å². The molecule has 5 nitrogen and oxygen atoms in total. The first kappa shape index (κ1) is 19.2. The van der Waals surface area contributed by atoms with Gasteiger partial charge < -0.3 is 20.1 Å². The molecule has 0 aromatic rings. The van der Waals surface area contributed by atoms with Crippen LogP contribution in [0.4, 0.5) is 4.79 Å². The molecule has 1 aliphatic carbocycles. The number of unbranched alkanes of at least 4 members (excludes halogenated alkanes) is 1. The smallest absolute Gasteiger partial charge is 0.407 e. The van der Waals surface area contributed by atoms with Gasteiger partial charge in [-0.2, -0.15) is 0 Å². The van der Waals surface area contributed by atoms with E-state index in [1.807, 2.05) is 20.8 Å². The molecule has 0 radical (unpaired) electrons. The lowest BCUT2D eigenvalue weighted by atomic mass is 10.2. The van der Waals surface area contributed by atoms with Gasteiger partial charge in [-0.05, 0) is 73.3 Å². The molecule has 0 aliphatic heterocycles. The van der Waals surface area contributed by atoms with Crippen molar-refractivity contribution in [3.05, 3.63) is 0 Å². The van der Waals surface area contributed by atoms with Crippen LogP contribution in [0.15, 0.2) is 0 Å². The molecule has 2 unspecified atom stereocenters. The van der Waals surface area contributed by atoms with Crippen LogP contribution in [0.3, 0.4) is 0 Å². The van der Waals surface area contributed by atoms with Gasteiger partial charge in [0.1, 0.15) is 5.60 Å². The van der Waals surface area contributed by atoms with Crippen molar-refractivity contribution in [2.24, 2.45) is 0 Å². The van der Waals surface area contributed by atoms with Crippen LogP contribution in [0.5, 0.6) is 0 Å². The molecule has 1 aliphatic rings. The van der Waals surface area contributed by atoms with Crippen molar-refractivity contribution in [2.75, 3.05) is 13.2 Å². The molecule has 2 atom stereocenters. The second-order valence-corrected chi connectivity index (χ2v) is 7.43. The molecular formula is C17H34N2O3. The molecule has 0 saturated heterocycles. The third-order valence-electron chi connectivity index (χ3n) is 3.61. The highest BCUT2D eigenvalue weighted by atomic mass is 16.6. The van der Waals surface area contributed by atoms with E-state index in [4.69, 9.17) is 9.47 Å². The van der Waals surface area contributed by atoms with Crippen molar-refractivity contribution < 1.29 is 14.3 Å². The summed E-state index contributed by atoms with van der Waals surface area (Å²) >= 11 is 0. The maximum absolute atomic E-state index is 11.7. The number of rotatable bonds is 8. The van der Waals surface area contributed by atoms with Crippen LogP contribution in [0.25, 0.3) is 0 Å². The highest BCUT2D eigenvalue weighted by Gasteiger charge is 2.27. The average Bonchev–Trinajstić information content (AvgIpc) is 2.78. The Morgan fingerprint density at radius 3 is 2.50 bits per heavy atom. The van der Waals surface area contributed by atoms with Crippen LogP contribution in [0.2, 0.25) is 0 Å². The number of nitrogens with one attached hydrogen (secondary N) is 2. The van der Waals surface area contributed by atoms with Crippen molar-refractivity contribution in [1.82, 2.24) is 10.6 Å². The van der Waals surface area contributed by atoms with E-state index < -0.39 is 5.60 Å². The van der Waals surface area contributed by atoms with Gasteiger partial charge in [-0.25, -0.2) is 4.79 Å². The first-order valence-electron chi connectivity index (χ1n) is 8.61. The number of amides is 1. The number of carbonyl (C=O) groups excluding carboxylic acids is 1. The lowest BCUT2D eigenvalue weighted by Gasteiger charge is -2.21. The van der Waals surface area contributed by atoms with Gasteiger partial charge in [0.25, 0.3) is 0 Å². The molecular weight excluding hydrogens is 280 g/mol. The van der Waals surface area contributed by atoms with E-state index in [9.17, 15) is 4.79 Å². The Labute approximate surface area is 135 Å². The van der Waals surface area contributed by atoms with E-state index in [1.54, 1.807) is 0 Å². The molecule has 1 rings (SSSR count). The Morgan fingerprint density at radius 2 is 1.86 bits per heavy atom. The van der Waals surface area contributed by atoms with Gasteiger partial charge in [0.15, 0.2) is 0 Å². The van der Waals surface area contributed by atoms with Crippen molar-refractivity contribution >= 4 is 6.09 Å². The summed E-state index contributed by atoms with van der Waals surface area (Å²) in [5, 5.41) is 6.54. The van der Waals surface area contributed by atoms with E-state index in [0.29, 0.717) is 12.1 Å². The zero-order valence-electron chi connectivity index (χ0n) is 14.9. The molecule has 0 aromatic carbocycles. The lowest BCUT2D eigenvalue weighted by Crippen LogP contribution is -2.39. The minimum Gasteiger partial charge on any atom is -0.444 e. The normalized spacial score (nSPS) is 22.1. The molecule has 1 fully saturated rings. The molecule has 0 spiro atoms. The van der Waals surface area contributed by atoms with Crippen molar-refractivity contribution in [3.8, 4) is 0 Å². The lowest BCUT2D eigenvalue weighted by molar-refractivity contribution is 0.0505. The average molecular weight is 314 g/mol. The van der Waals surface area contributed by atoms with Crippen molar-refractivity contribution in [3.63, 3.8) is 0 Å². The van der Waals surface area contributed by atoms with Gasteiger partial charge in [0, 0.05) is 18.7 Å². The molecule has 0 heterocycles. The van der Waals surface area contributed by atoms with Crippen molar-refractivity contribution in [1.29, 1.82) is 0 Å². The number of carbonyl (C=O) groups is 1. The molecule has 1 saturated carbocycles. The predicted molar refractivity (Wildman–Crippen MR) is 89.1 cm³/mol. The van der Waals surface area contributed by atoms with E-state index in [2.05, 4.69) is 24.5 Å². The Kier molecular flexibility index (Phi) is 8.18. The standard InChI is InChI=1S/C17H34N2O3/c1-13(2)21-11-7-6-10-18-14-8-9-15(12-14)19-16(20)22-17(3,4)5/h13-15,18H,6-12H2,1-5H3,(H,19,20). The van der Waals surface area contributed by atoms with Gasteiger partial charge >= 0.3 is 6.09 Å². The molecule has 2 N–H and O–H groups in total. The molecule has 0 aromatic heterocycles. The monoisotopic (exact) mass is 314 g/mol. The number of hydrogen-bond acceptors (Lipinski definition) is 4. The van der Waals surface area contributed by atoms with E-state index in [0.717, 1.165) is 45.3 Å². The second-order valence-electron chi connectivity index (χ2n) is 7.43. The summed E-state index contributed by atoms with van der Waals surface area (Å²) < 4.78 is 10.8. The Bertz CT molecular complexity index is 326. The second kappa shape index (κ2) is 9.36. The Balaban J connectivity index is 2.07. The van der Waals surface area contributed by atoms with Crippen LogP contribution in [-0.4, -0.2) is 43.0 Å². The summed E-state index contributed by atoms with van der Waals surface area (Å²) in [6.07, 6.45) is 5.37. The largest absolute Gasteiger partial charge is 0.444 e. The maximum atomic E-state index is 11.7. The van der Waals surface area contributed by atoms with E-state index in [-0.39, 0.29) is 12.1 Å². The number of hydrogen-bond donors (Lipinski definition) is 2. The summed E-state index contributed by atoms with van der Waals surface area (Å²) in [5.41, 5.74) is -0.432. The molecule has 5 heteroatoms. The summed E-state index contributed by atoms with van der Waals surface area (Å²) in [4.78, 5) is 11.7. The van der Waals surface area contributed by atoms with Gasteiger partial charge in [-0.3, -0.25) is 0 Å². The Morgan fingerprint density at radius 1 is 1.18 bits per heavy atom. The van der Waals surface area contributed by atoms with Crippen LogP contribution in [0, 0.1) is 0 Å². The van der Waals surface area contributed by atoms with Gasteiger partial charge in [-0.1, -0.05) is 0 Å². The quantitative estimate of drug-likeness (QED) is 0.675. The summed E-state index contributed by atoms with van der Waals surface area (Å²) in [7, 11) is 0. The zero-order chi connectivity index (χ0) is 16.6. The molecule has 0 bridgehead atoms. The highest BCUT2D eigenvalue weighted by Crippen LogP contribution is 2.20. The fourth-order valence-electron chi connectivity index (χ4n) is 2.62. The van der Waals surface area contributed by atoms with Crippen LogP contribution >= 0.6 is 0 Å². The fraction of sp³-hybridized carbons (Fsp3) is 0.941. The number of ether oxygens (including phenoxy) is 2. The van der Waals surface area contributed by atoms with Gasteiger partial charge in [0.2, 0.25) is 0 Å². The van der Waals surface area contributed by atoms with E-state index >= 15 is 0 Å². The van der Waals surface area contributed by atoms with Gasteiger partial charge in [0.05, 0.1) is 6.10 Å². The minimum atomic E-state index is -0.432. The highest BCUT2D eigenvalue weighted by molar-refractivity contribution is 5.68. The van der Waals surface area contributed by atoms with Crippen LogP contribution < -0.4 is 10.6 Å². The molecule has 130 valence electrons. The number of alkyl carbamates (subject to hydrolysis) is 1. The molecule has 22 heavy (non-hydrogen) atoms. The summed E-state index contributed by atoms with van der Waals surface area (Å²) in [6.45, 7) is 11.6. The van der Waals surface area contributed by atoms with Crippen LogP contribution in [0.1, 0.15) is 66.7 Å². The maximum Gasteiger partial charge on any atom is 0.407 e. The van der Waals surface area contributed by atoms with Crippen LogP contribution in [-0.2, 0) is 9.47 Å². The SMILES string of the molecule is CC(C)OCCCCNC1CCC(NC(=O)OC(C)(C)C)C1. The summed E-state index contributed by atoms with van der Waals surface area (Å²) in [5.74, 6) is 0. The zero-order valence-corrected chi connectivity index (χ0v) is 14.9. The predicted octanol–water partition coefficient (Wildman–Crippen LogP) is 3.23. The van der Waals surface area contributed by atoms with Gasteiger partial charge in [-0.15, -0.1) is 0 Å². The summed E-state index contributed by atoms with van der Waals surface area (Å²) in [6, 6.07) is 0.738.